The number of nitro groups is 1. The van der Waals surface area contributed by atoms with Gasteiger partial charge in [-0.25, -0.2) is 5.43 Å². The normalized spacial score (nSPS) is 11.1. The molecular formula is C15H12ClN3O3. The van der Waals surface area contributed by atoms with Gasteiger partial charge in [-0.2, -0.15) is 5.10 Å². The van der Waals surface area contributed by atoms with Crippen LogP contribution in [0, 0.1) is 10.1 Å². The van der Waals surface area contributed by atoms with E-state index in [-0.39, 0.29) is 11.6 Å². The largest absolute Gasteiger partial charge is 0.271 e. The standard InChI is InChI=1S/C15H12ClN3O3/c1-10(12-3-2-4-14(9-12)19(21)22)17-18-15(20)11-5-7-13(16)8-6-11/h2-9H,1H3,(H,18,20)/b17-10+. The van der Waals surface area contributed by atoms with Crippen molar-refractivity contribution < 1.29 is 9.72 Å². The lowest BCUT2D eigenvalue weighted by atomic mass is 10.1. The summed E-state index contributed by atoms with van der Waals surface area (Å²) >= 11 is 5.75. The molecule has 22 heavy (non-hydrogen) atoms. The van der Waals surface area contributed by atoms with Crippen LogP contribution in [0.5, 0.6) is 0 Å². The van der Waals surface area contributed by atoms with Crippen LogP contribution in [-0.2, 0) is 0 Å². The van der Waals surface area contributed by atoms with Crippen LogP contribution in [0.15, 0.2) is 53.6 Å². The zero-order valence-corrected chi connectivity index (χ0v) is 12.4. The second-order valence-electron chi connectivity index (χ2n) is 4.45. The number of amides is 1. The Bertz CT molecular complexity index is 742. The highest BCUT2D eigenvalue weighted by Gasteiger charge is 2.08. The molecule has 0 heterocycles. The summed E-state index contributed by atoms with van der Waals surface area (Å²) in [4.78, 5) is 22.2. The van der Waals surface area contributed by atoms with Crippen LogP contribution in [-0.4, -0.2) is 16.5 Å². The lowest BCUT2D eigenvalue weighted by molar-refractivity contribution is -0.384. The van der Waals surface area contributed by atoms with Crippen LogP contribution in [0.4, 0.5) is 5.69 Å². The van der Waals surface area contributed by atoms with E-state index in [1.807, 2.05) is 0 Å². The summed E-state index contributed by atoms with van der Waals surface area (Å²) in [6.45, 7) is 1.65. The van der Waals surface area contributed by atoms with Gasteiger partial charge in [0.1, 0.15) is 0 Å². The fourth-order valence-electron chi connectivity index (χ4n) is 1.71. The first-order valence-corrected chi connectivity index (χ1v) is 6.70. The van der Waals surface area contributed by atoms with E-state index < -0.39 is 4.92 Å². The molecule has 6 nitrogen and oxygen atoms in total. The first kappa shape index (κ1) is 15.7. The van der Waals surface area contributed by atoms with Crippen LogP contribution in [0.1, 0.15) is 22.8 Å². The molecule has 0 aromatic heterocycles. The second kappa shape index (κ2) is 6.82. The summed E-state index contributed by atoms with van der Waals surface area (Å²) in [7, 11) is 0. The zero-order valence-electron chi connectivity index (χ0n) is 11.6. The Morgan fingerprint density at radius 2 is 1.86 bits per heavy atom. The molecule has 1 amide bonds. The number of hydrazone groups is 1. The predicted molar refractivity (Wildman–Crippen MR) is 84.2 cm³/mol. The van der Waals surface area contributed by atoms with Crippen LogP contribution < -0.4 is 5.43 Å². The van der Waals surface area contributed by atoms with Gasteiger partial charge in [0.2, 0.25) is 0 Å². The first-order valence-electron chi connectivity index (χ1n) is 6.32. The van der Waals surface area contributed by atoms with Crippen LogP contribution in [0.25, 0.3) is 0 Å². The van der Waals surface area contributed by atoms with E-state index in [4.69, 9.17) is 11.6 Å². The Kier molecular flexibility index (Phi) is 4.85. The average molecular weight is 318 g/mol. The van der Waals surface area contributed by atoms with Gasteiger partial charge in [-0.3, -0.25) is 14.9 Å². The quantitative estimate of drug-likeness (QED) is 0.533. The van der Waals surface area contributed by atoms with Crippen LogP contribution >= 0.6 is 11.6 Å². The zero-order chi connectivity index (χ0) is 16.1. The molecule has 0 saturated heterocycles. The molecule has 7 heteroatoms. The van der Waals surface area contributed by atoms with Crippen molar-refractivity contribution in [1.82, 2.24) is 5.43 Å². The fourth-order valence-corrected chi connectivity index (χ4v) is 1.84. The Hall–Kier alpha value is -2.73. The molecule has 112 valence electrons. The number of hydrogen-bond acceptors (Lipinski definition) is 4. The second-order valence-corrected chi connectivity index (χ2v) is 4.89. The van der Waals surface area contributed by atoms with Crippen molar-refractivity contribution in [3.05, 3.63) is 74.8 Å². The molecule has 0 aliphatic rings. The summed E-state index contributed by atoms with van der Waals surface area (Å²) in [5.41, 5.74) is 3.81. The van der Waals surface area contributed by atoms with Crippen molar-refractivity contribution in [1.29, 1.82) is 0 Å². The SMILES string of the molecule is C/C(=N\NC(=O)c1ccc(Cl)cc1)c1cccc([N+](=O)[O-])c1. The van der Waals surface area contributed by atoms with Gasteiger partial charge in [0, 0.05) is 28.3 Å². The number of carbonyl (C=O) groups excluding carboxylic acids is 1. The molecule has 0 unspecified atom stereocenters. The number of non-ortho nitro benzene ring substituents is 1. The molecule has 0 atom stereocenters. The molecule has 0 aliphatic carbocycles. The maximum atomic E-state index is 11.9. The smallest absolute Gasteiger partial charge is 0.267 e. The number of carbonyl (C=O) groups is 1. The number of rotatable bonds is 4. The highest BCUT2D eigenvalue weighted by atomic mass is 35.5. The highest BCUT2D eigenvalue weighted by Crippen LogP contribution is 2.14. The van der Waals surface area contributed by atoms with Gasteiger partial charge >= 0.3 is 0 Å². The van der Waals surface area contributed by atoms with Crippen molar-refractivity contribution in [2.45, 2.75) is 6.92 Å². The van der Waals surface area contributed by atoms with E-state index in [0.29, 0.717) is 21.9 Å². The highest BCUT2D eigenvalue weighted by molar-refractivity contribution is 6.30. The third kappa shape index (κ3) is 3.89. The maximum Gasteiger partial charge on any atom is 0.271 e. The Balaban J connectivity index is 2.12. The van der Waals surface area contributed by atoms with E-state index in [0.717, 1.165) is 0 Å². The minimum absolute atomic E-state index is 0.0314. The lowest BCUT2D eigenvalue weighted by Crippen LogP contribution is -2.19. The minimum atomic E-state index is -0.483. The van der Waals surface area contributed by atoms with Gasteiger partial charge in [-0.15, -0.1) is 0 Å². The van der Waals surface area contributed by atoms with Crippen molar-refractivity contribution >= 4 is 28.9 Å². The van der Waals surface area contributed by atoms with Gasteiger partial charge in [-0.05, 0) is 31.2 Å². The predicted octanol–water partition coefficient (Wildman–Crippen LogP) is 3.40. The number of benzene rings is 2. The Labute approximate surface area is 131 Å². The van der Waals surface area contributed by atoms with Crippen molar-refractivity contribution in [2.75, 3.05) is 0 Å². The number of nitrogens with zero attached hydrogens (tertiary/aromatic N) is 2. The van der Waals surface area contributed by atoms with Crippen molar-refractivity contribution in [3.8, 4) is 0 Å². The van der Waals surface area contributed by atoms with Crippen LogP contribution in [0.3, 0.4) is 0 Å². The Morgan fingerprint density at radius 3 is 2.50 bits per heavy atom. The molecule has 0 aliphatic heterocycles. The number of halogens is 1. The first-order chi connectivity index (χ1) is 10.5. The molecule has 0 bridgehead atoms. The molecule has 2 aromatic carbocycles. The lowest BCUT2D eigenvalue weighted by Gasteiger charge is -2.03. The number of nitrogens with one attached hydrogen (secondary N) is 1. The molecule has 0 radical (unpaired) electrons. The van der Waals surface area contributed by atoms with E-state index in [1.54, 1.807) is 43.3 Å². The van der Waals surface area contributed by atoms with E-state index in [9.17, 15) is 14.9 Å². The van der Waals surface area contributed by atoms with Crippen LogP contribution in [0.2, 0.25) is 5.02 Å². The van der Waals surface area contributed by atoms with E-state index >= 15 is 0 Å². The molecule has 2 aromatic rings. The van der Waals surface area contributed by atoms with Gasteiger partial charge in [0.15, 0.2) is 0 Å². The number of nitro benzene ring substituents is 1. The molecular weight excluding hydrogens is 306 g/mol. The van der Waals surface area contributed by atoms with E-state index in [1.165, 1.54) is 12.1 Å². The fraction of sp³-hybridized carbons (Fsp3) is 0.0667. The molecule has 0 fully saturated rings. The van der Waals surface area contributed by atoms with E-state index in [2.05, 4.69) is 10.5 Å². The molecule has 2 rings (SSSR count). The summed E-state index contributed by atoms with van der Waals surface area (Å²) in [5.74, 6) is -0.388. The monoisotopic (exact) mass is 317 g/mol. The third-order valence-electron chi connectivity index (χ3n) is 2.91. The molecule has 1 N–H and O–H groups in total. The summed E-state index contributed by atoms with van der Waals surface area (Å²) < 4.78 is 0. The number of hydrogen-bond donors (Lipinski definition) is 1. The van der Waals surface area contributed by atoms with Crippen molar-refractivity contribution in [2.24, 2.45) is 5.10 Å². The van der Waals surface area contributed by atoms with Gasteiger partial charge in [0.25, 0.3) is 11.6 Å². The van der Waals surface area contributed by atoms with Gasteiger partial charge in [0.05, 0.1) is 10.6 Å². The molecule has 0 spiro atoms. The summed E-state index contributed by atoms with van der Waals surface area (Å²) in [6.07, 6.45) is 0. The Morgan fingerprint density at radius 1 is 1.18 bits per heavy atom. The summed E-state index contributed by atoms with van der Waals surface area (Å²) in [5, 5.41) is 15.2. The minimum Gasteiger partial charge on any atom is -0.267 e. The molecule has 0 saturated carbocycles. The van der Waals surface area contributed by atoms with Gasteiger partial charge < -0.3 is 0 Å². The van der Waals surface area contributed by atoms with Crippen molar-refractivity contribution in [3.63, 3.8) is 0 Å². The third-order valence-corrected chi connectivity index (χ3v) is 3.16. The maximum absolute atomic E-state index is 11.9. The topological polar surface area (TPSA) is 84.6 Å². The summed E-state index contributed by atoms with van der Waals surface area (Å²) in [6, 6.07) is 12.4. The average Bonchev–Trinajstić information content (AvgIpc) is 2.53. The van der Waals surface area contributed by atoms with Gasteiger partial charge in [-0.1, -0.05) is 23.7 Å².